The average molecular weight is 332 g/mol. The van der Waals surface area contributed by atoms with Gasteiger partial charge in [0.2, 0.25) is 0 Å². The Morgan fingerprint density at radius 3 is 2.71 bits per heavy atom. The Kier molecular flexibility index (Phi) is 10.1. The van der Waals surface area contributed by atoms with E-state index in [2.05, 4.69) is 19.2 Å². The summed E-state index contributed by atoms with van der Waals surface area (Å²) in [6, 6.07) is 7.97. The van der Waals surface area contributed by atoms with E-state index >= 15 is 0 Å². The second kappa shape index (κ2) is 11.3. The molecule has 1 aromatic carbocycles. The molecule has 0 aromatic heterocycles. The first-order valence-corrected chi connectivity index (χ1v) is 8.96. The Hall–Kier alpha value is -0.260. The van der Waals surface area contributed by atoms with Crippen LogP contribution < -0.4 is 5.32 Å². The maximum Gasteiger partial charge on any atom is 0.0897 e. The molecule has 0 aliphatic carbocycles. The molecule has 21 heavy (non-hydrogen) atoms. The minimum absolute atomic E-state index is 0.339. The Morgan fingerprint density at radius 2 is 2.05 bits per heavy atom. The van der Waals surface area contributed by atoms with E-state index in [4.69, 9.17) is 16.3 Å². The van der Waals surface area contributed by atoms with Crippen LogP contribution in [0.15, 0.2) is 24.3 Å². The molecule has 0 bridgehead atoms. The highest BCUT2D eigenvalue weighted by atomic mass is 35.5. The zero-order valence-electron chi connectivity index (χ0n) is 12.8. The van der Waals surface area contributed by atoms with Crippen LogP contribution >= 0.6 is 23.4 Å². The van der Waals surface area contributed by atoms with Crippen molar-refractivity contribution >= 4 is 23.4 Å². The van der Waals surface area contributed by atoms with Gasteiger partial charge in [-0.1, -0.05) is 30.7 Å². The van der Waals surface area contributed by atoms with Crippen molar-refractivity contribution in [1.82, 2.24) is 5.32 Å². The molecule has 1 aromatic rings. The predicted molar refractivity (Wildman–Crippen MR) is 92.2 cm³/mol. The topological polar surface area (TPSA) is 41.5 Å². The number of hydrogen-bond donors (Lipinski definition) is 2. The number of benzene rings is 1. The van der Waals surface area contributed by atoms with Crippen LogP contribution in [0.5, 0.6) is 0 Å². The molecular formula is C16H26ClNO2S. The van der Waals surface area contributed by atoms with Crippen LogP contribution in [0.3, 0.4) is 0 Å². The molecule has 0 saturated heterocycles. The van der Waals surface area contributed by atoms with E-state index in [0.29, 0.717) is 25.8 Å². The molecule has 0 aliphatic heterocycles. The third-order valence-corrected chi connectivity index (χ3v) is 4.28. The molecule has 0 amide bonds. The van der Waals surface area contributed by atoms with Gasteiger partial charge >= 0.3 is 0 Å². The molecule has 0 heterocycles. The fourth-order valence-corrected chi connectivity index (χ4v) is 2.73. The lowest BCUT2D eigenvalue weighted by Gasteiger charge is -2.17. The van der Waals surface area contributed by atoms with Gasteiger partial charge in [-0.3, -0.25) is 0 Å². The van der Waals surface area contributed by atoms with E-state index in [-0.39, 0.29) is 0 Å². The minimum atomic E-state index is -0.474. The van der Waals surface area contributed by atoms with Crippen molar-refractivity contribution in [3.8, 4) is 0 Å². The first kappa shape index (κ1) is 18.8. The van der Waals surface area contributed by atoms with Gasteiger partial charge in [-0.25, -0.2) is 0 Å². The molecule has 0 saturated carbocycles. The van der Waals surface area contributed by atoms with Crippen LogP contribution in [-0.4, -0.2) is 41.9 Å². The third kappa shape index (κ3) is 9.38. The van der Waals surface area contributed by atoms with E-state index in [1.54, 1.807) is 0 Å². The summed E-state index contributed by atoms with van der Waals surface area (Å²) >= 11 is 7.77. The van der Waals surface area contributed by atoms with Gasteiger partial charge in [0.05, 0.1) is 19.3 Å². The summed E-state index contributed by atoms with van der Waals surface area (Å²) in [4.78, 5) is 0. The Bertz CT molecular complexity index is 375. The van der Waals surface area contributed by atoms with Crippen molar-refractivity contribution in [2.24, 2.45) is 0 Å². The maximum absolute atomic E-state index is 9.88. The Morgan fingerprint density at radius 1 is 1.33 bits per heavy atom. The summed E-state index contributed by atoms with van der Waals surface area (Å²) in [6.45, 7) is 5.73. The van der Waals surface area contributed by atoms with Crippen molar-refractivity contribution in [1.29, 1.82) is 0 Å². The van der Waals surface area contributed by atoms with Crippen molar-refractivity contribution in [2.45, 2.75) is 39.0 Å². The fourth-order valence-electron chi connectivity index (χ4n) is 1.80. The fraction of sp³-hybridized carbons (Fsp3) is 0.625. The number of nitrogens with one attached hydrogen (secondary N) is 1. The minimum Gasteiger partial charge on any atom is -0.389 e. The first-order valence-electron chi connectivity index (χ1n) is 7.43. The van der Waals surface area contributed by atoms with Crippen molar-refractivity contribution in [2.75, 3.05) is 24.7 Å². The van der Waals surface area contributed by atoms with Crippen molar-refractivity contribution in [3.63, 3.8) is 0 Å². The van der Waals surface area contributed by atoms with Gasteiger partial charge in [-0.05, 0) is 42.5 Å². The molecule has 3 nitrogen and oxygen atoms in total. The molecule has 2 atom stereocenters. The summed E-state index contributed by atoms with van der Waals surface area (Å²) in [5.74, 6) is 2.32. The van der Waals surface area contributed by atoms with Crippen LogP contribution in [0.25, 0.3) is 0 Å². The molecule has 2 N–H and O–H groups in total. The molecule has 0 fully saturated rings. The number of rotatable bonds is 11. The van der Waals surface area contributed by atoms with E-state index in [1.165, 1.54) is 0 Å². The Balaban J connectivity index is 2.08. The monoisotopic (exact) mass is 331 g/mol. The molecular weight excluding hydrogens is 306 g/mol. The molecule has 5 heteroatoms. The highest BCUT2D eigenvalue weighted by molar-refractivity contribution is 7.99. The second-order valence-electron chi connectivity index (χ2n) is 5.09. The molecule has 2 unspecified atom stereocenters. The summed E-state index contributed by atoms with van der Waals surface area (Å²) in [5, 5.41) is 13.9. The second-order valence-corrected chi connectivity index (χ2v) is 6.92. The Labute approximate surface area is 137 Å². The quantitative estimate of drug-likeness (QED) is 0.610. The van der Waals surface area contributed by atoms with Crippen LogP contribution in [0.2, 0.25) is 5.02 Å². The number of aliphatic hydroxyl groups is 1. The van der Waals surface area contributed by atoms with Gasteiger partial charge in [0, 0.05) is 17.6 Å². The molecule has 1 rings (SSSR count). The third-order valence-electron chi connectivity index (χ3n) is 3.09. The molecule has 0 radical (unpaired) electrons. The first-order chi connectivity index (χ1) is 10.1. The summed E-state index contributed by atoms with van der Waals surface area (Å²) in [5.41, 5.74) is 1.06. The number of ether oxygens (including phenoxy) is 1. The highest BCUT2D eigenvalue weighted by Gasteiger charge is 2.07. The maximum atomic E-state index is 9.88. The summed E-state index contributed by atoms with van der Waals surface area (Å²) < 4.78 is 5.51. The lowest BCUT2D eigenvalue weighted by Crippen LogP contribution is -2.36. The largest absolute Gasteiger partial charge is 0.389 e. The molecule has 120 valence electrons. The number of halogens is 1. The van der Waals surface area contributed by atoms with Crippen LogP contribution in [0.1, 0.15) is 25.8 Å². The number of thioether (sulfide) groups is 1. The van der Waals surface area contributed by atoms with Gasteiger partial charge < -0.3 is 15.2 Å². The lowest BCUT2D eigenvalue weighted by atomic mass is 10.2. The van der Waals surface area contributed by atoms with E-state index < -0.39 is 6.10 Å². The van der Waals surface area contributed by atoms with Crippen LogP contribution in [0.4, 0.5) is 0 Å². The molecule has 0 spiro atoms. The normalized spacial score (nSPS) is 14.1. The lowest BCUT2D eigenvalue weighted by molar-refractivity contribution is 0.0278. The standard InChI is InChI=1S/C16H26ClNO2S/c1-3-21-9-8-13(2)18-10-16(19)12-20-11-14-4-6-15(17)7-5-14/h4-7,13,16,18-19H,3,8-12H2,1-2H3. The van der Waals surface area contributed by atoms with Gasteiger partial charge in [0.1, 0.15) is 0 Å². The van der Waals surface area contributed by atoms with E-state index in [0.717, 1.165) is 28.5 Å². The van der Waals surface area contributed by atoms with Crippen molar-refractivity contribution < 1.29 is 9.84 Å². The van der Waals surface area contributed by atoms with Crippen LogP contribution in [-0.2, 0) is 11.3 Å². The number of aliphatic hydroxyl groups excluding tert-OH is 1. The van der Waals surface area contributed by atoms with Gasteiger partial charge in [-0.15, -0.1) is 0 Å². The average Bonchev–Trinajstić information content (AvgIpc) is 2.47. The number of hydrogen-bond acceptors (Lipinski definition) is 4. The van der Waals surface area contributed by atoms with Gasteiger partial charge in [-0.2, -0.15) is 11.8 Å². The SMILES string of the molecule is CCSCCC(C)NCC(O)COCc1ccc(Cl)cc1. The van der Waals surface area contributed by atoms with Gasteiger partial charge in [0.25, 0.3) is 0 Å². The van der Waals surface area contributed by atoms with Crippen LogP contribution in [0, 0.1) is 0 Å². The summed E-state index contributed by atoms with van der Waals surface area (Å²) in [6.07, 6.45) is 0.648. The highest BCUT2D eigenvalue weighted by Crippen LogP contribution is 2.10. The summed E-state index contributed by atoms with van der Waals surface area (Å²) in [7, 11) is 0. The van der Waals surface area contributed by atoms with Crippen molar-refractivity contribution in [3.05, 3.63) is 34.9 Å². The zero-order valence-corrected chi connectivity index (χ0v) is 14.4. The zero-order chi connectivity index (χ0) is 15.5. The molecule has 0 aliphatic rings. The smallest absolute Gasteiger partial charge is 0.0897 e. The van der Waals surface area contributed by atoms with Gasteiger partial charge in [0.15, 0.2) is 0 Å². The van der Waals surface area contributed by atoms with E-state index in [1.807, 2.05) is 36.0 Å². The van der Waals surface area contributed by atoms with E-state index in [9.17, 15) is 5.11 Å². The predicted octanol–water partition coefficient (Wildman–Crippen LogP) is 3.34.